The highest BCUT2D eigenvalue weighted by Gasteiger charge is 1.99. The van der Waals surface area contributed by atoms with Crippen LogP contribution >= 0.6 is 0 Å². The Labute approximate surface area is 119 Å². The molecule has 3 rings (SSSR count). The van der Waals surface area contributed by atoms with E-state index in [2.05, 4.69) is 36.4 Å². The second kappa shape index (κ2) is 6.07. The van der Waals surface area contributed by atoms with E-state index in [1.54, 1.807) is 0 Å². The summed E-state index contributed by atoms with van der Waals surface area (Å²) in [7, 11) is 0. The van der Waals surface area contributed by atoms with E-state index in [4.69, 9.17) is 4.74 Å². The first-order valence-corrected chi connectivity index (χ1v) is 6.76. The van der Waals surface area contributed by atoms with Crippen molar-refractivity contribution in [2.75, 3.05) is 6.61 Å². The predicted octanol–water partition coefficient (Wildman–Crippen LogP) is 4.93. The summed E-state index contributed by atoms with van der Waals surface area (Å²) < 4.78 is 5.85. The molecule has 0 heterocycles. The lowest BCUT2D eigenvalue weighted by atomic mass is 10.1. The zero-order chi connectivity index (χ0) is 13.6. The lowest BCUT2D eigenvalue weighted by Gasteiger charge is -2.07. The molecule has 0 saturated carbocycles. The predicted molar refractivity (Wildman–Crippen MR) is 84.9 cm³/mol. The number of rotatable bonds is 4. The quantitative estimate of drug-likeness (QED) is 0.646. The highest BCUT2D eigenvalue weighted by molar-refractivity contribution is 5.88. The van der Waals surface area contributed by atoms with Crippen LogP contribution < -0.4 is 4.74 Å². The van der Waals surface area contributed by atoms with E-state index in [-0.39, 0.29) is 0 Å². The largest absolute Gasteiger partial charge is 0.489 e. The van der Waals surface area contributed by atoms with Gasteiger partial charge in [0.25, 0.3) is 0 Å². The molecular formula is C19H16O. The minimum absolute atomic E-state index is 0.572. The van der Waals surface area contributed by atoms with Crippen molar-refractivity contribution in [1.82, 2.24) is 0 Å². The van der Waals surface area contributed by atoms with Crippen LogP contribution in [0.25, 0.3) is 16.8 Å². The monoisotopic (exact) mass is 260 g/mol. The Morgan fingerprint density at radius 1 is 0.750 bits per heavy atom. The second-order valence-electron chi connectivity index (χ2n) is 4.60. The van der Waals surface area contributed by atoms with Crippen LogP contribution in [0.4, 0.5) is 0 Å². The highest BCUT2D eigenvalue weighted by Crippen LogP contribution is 2.25. The maximum absolute atomic E-state index is 5.85. The lowest BCUT2D eigenvalue weighted by molar-refractivity contribution is 0.368. The van der Waals surface area contributed by atoms with Gasteiger partial charge in [0.05, 0.1) is 0 Å². The summed E-state index contributed by atoms with van der Waals surface area (Å²) in [6.45, 7) is 0.572. The van der Waals surface area contributed by atoms with Crippen LogP contribution in [0.1, 0.15) is 5.56 Å². The zero-order valence-electron chi connectivity index (χ0n) is 11.2. The third-order valence-corrected chi connectivity index (χ3v) is 3.19. The minimum Gasteiger partial charge on any atom is -0.489 e. The molecule has 1 heteroatoms. The van der Waals surface area contributed by atoms with Crippen LogP contribution in [0.15, 0.2) is 78.9 Å². The molecule has 0 aliphatic carbocycles. The van der Waals surface area contributed by atoms with E-state index in [9.17, 15) is 0 Å². The molecule has 0 radical (unpaired) electrons. The normalized spacial score (nSPS) is 11.0. The molecule has 3 aromatic rings. The summed E-state index contributed by atoms with van der Waals surface area (Å²) in [5, 5.41) is 2.36. The fourth-order valence-electron chi connectivity index (χ4n) is 2.21. The van der Waals surface area contributed by atoms with Crippen molar-refractivity contribution < 1.29 is 4.74 Å². The van der Waals surface area contributed by atoms with Gasteiger partial charge in [0.15, 0.2) is 0 Å². The van der Waals surface area contributed by atoms with Crippen LogP contribution in [0, 0.1) is 0 Å². The summed E-state index contributed by atoms with van der Waals surface area (Å²) >= 11 is 0. The summed E-state index contributed by atoms with van der Waals surface area (Å²) in [4.78, 5) is 0. The molecule has 0 amide bonds. The van der Waals surface area contributed by atoms with Gasteiger partial charge < -0.3 is 4.74 Å². The van der Waals surface area contributed by atoms with Crippen LogP contribution in [0.3, 0.4) is 0 Å². The molecule has 0 spiro atoms. The van der Waals surface area contributed by atoms with E-state index in [0.717, 1.165) is 11.1 Å². The van der Waals surface area contributed by atoms with Gasteiger partial charge in [-0.3, -0.25) is 0 Å². The average Bonchev–Trinajstić information content (AvgIpc) is 2.53. The smallest absolute Gasteiger partial charge is 0.127 e. The Hall–Kier alpha value is -2.54. The average molecular weight is 260 g/mol. The second-order valence-corrected chi connectivity index (χ2v) is 4.60. The number of hydrogen-bond acceptors (Lipinski definition) is 1. The minimum atomic E-state index is 0.572. The summed E-state index contributed by atoms with van der Waals surface area (Å²) in [6.07, 6.45) is 4.11. The number of hydrogen-bond donors (Lipinski definition) is 0. The first-order chi connectivity index (χ1) is 9.93. The molecule has 0 N–H and O–H groups in total. The van der Waals surface area contributed by atoms with Crippen molar-refractivity contribution in [2.45, 2.75) is 0 Å². The summed E-state index contributed by atoms with van der Waals surface area (Å²) in [5.41, 5.74) is 1.19. The van der Waals surface area contributed by atoms with Crippen molar-refractivity contribution in [2.24, 2.45) is 0 Å². The third-order valence-electron chi connectivity index (χ3n) is 3.19. The van der Waals surface area contributed by atoms with Crippen molar-refractivity contribution in [1.29, 1.82) is 0 Å². The van der Waals surface area contributed by atoms with Gasteiger partial charge in [0.1, 0.15) is 12.4 Å². The SMILES string of the molecule is C(=C\c1ccccc1)/COc1cccc2ccccc12. The number of fused-ring (bicyclic) bond motifs is 1. The lowest BCUT2D eigenvalue weighted by Crippen LogP contribution is -1.93. The van der Waals surface area contributed by atoms with E-state index >= 15 is 0 Å². The molecule has 0 bridgehead atoms. The maximum atomic E-state index is 5.85. The summed E-state index contributed by atoms with van der Waals surface area (Å²) in [5.74, 6) is 0.931. The molecule has 3 aromatic carbocycles. The van der Waals surface area contributed by atoms with Gasteiger partial charge in [0.2, 0.25) is 0 Å². The highest BCUT2D eigenvalue weighted by atomic mass is 16.5. The van der Waals surface area contributed by atoms with E-state index < -0.39 is 0 Å². The molecule has 98 valence electrons. The van der Waals surface area contributed by atoms with Crippen LogP contribution in [-0.4, -0.2) is 6.61 Å². The maximum Gasteiger partial charge on any atom is 0.127 e. The molecule has 0 atom stereocenters. The van der Waals surface area contributed by atoms with E-state index in [1.807, 2.05) is 48.5 Å². The Kier molecular flexibility index (Phi) is 3.79. The molecule has 20 heavy (non-hydrogen) atoms. The summed E-state index contributed by atoms with van der Waals surface area (Å²) in [6, 6.07) is 24.6. The molecular weight excluding hydrogens is 244 g/mol. The van der Waals surface area contributed by atoms with Crippen molar-refractivity contribution in [3.63, 3.8) is 0 Å². The van der Waals surface area contributed by atoms with Gasteiger partial charge in [-0.05, 0) is 23.1 Å². The third kappa shape index (κ3) is 2.89. The van der Waals surface area contributed by atoms with E-state index in [0.29, 0.717) is 6.61 Å². The van der Waals surface area contributed by atoms with Gasteiger partial charge in [-0.15, -0.1) is 0 Å². The van der Waals surface area contributed by atoms with Crippen molar-refractivity contribution in [3.05, 3.63) is 84.4 Å². The fourth-order valence-corrected chi connectivity index (χ4v) is 2.21. The molecule has 0 aliphatic heterocycles. The van der Waals surface area contributed by atoms with Crippen molar-refractivity contribution in [3.8, 4) is 5.75 Å². The molecule has 0 aliphatic rings. The molecule has 1 nitrogen and oxygen atoms in total. The Morgan fingerprint density at radius 3 is 2.40 bits per heavy atom. The van der Waals surface area contributed by atoms with Crippen LogP contribution in [0.5, 0.6) is 5.75 Å². The topological polar surface area (TPSA) is 9.23 Å². The van der Waals surface area contributed by atoms with E-state index in [1.165, 1.54) is 10.9 Å². The molecule has 0 unspecified atom stereocenters. The fraction of sp³-hybridized carbons (Fsp3) is 0.0526. The van der Waals surface area contributed by atoms with Gasteiger partial charge in [-0.2, -0.15) is 0 Å². The van der Waals surface area contributed by atoms with Gasteiger partial charge in [-0.1, -0.05) is 72.8 Å². The van der Waals surface area contributed by atoms with Gasteiger partial charge >= 0.3 is 0 Å². The van der Waals surface area contributed by atoms with Gasteiger partial charge in [0, 0.05) is 5.39 Å². The number of benzene rings is 3. The zero-order valence-corrected chi connectivity index (χ0v) is 11.2. The van der Waals surface area contributed by atoms with Crippen LogP contribution in [0.2, 0.25) is 0 Å². The Bertz CT molecular complexity index is 709. The molecule has 0 aromatic heterocycles. The first-order valence-electron chi connectivity index (χ1n) is 6.76. The van der Waals surface area contributed by atoms with Crippen molar-refractivity contribution >= 4 is 16.8 Å². The molecule has 0 saturated heterocycles. The Balaban J connectivity index is 1.70. The Morgan fingerprint density at radius 2 is 1.50 bits per heavy atom. The molecule has 0 fully saturated rings. The number of ether oxygens (including phenoxy) is 1. The van der Waals surface area contributed by atoms with Gasteiger partial charge in [-0.25, -0.2) is 0 Å². The standard InChI is InChI=1S/C19H16O/c1-2-8-16(9-3-1)10-7-15-20-19-14-6-12-17-11-4-5-13-18(17)19/h1-14H,15H2/b10-7+. The van der Waals surface area contributed by atoms with Crippen LogP contribution in [-0.2, 0) is 0 Å². The first kappa shape index (κ1) is 12.5.